The summed E-state index contributed by atoms with van der Waals surface area (Å²) in [6.45, 7) is 1.67. The minimum absolute atomic E-state index is 0.356. The maximum Gasteiger partial charge on any atom is 0.357 e. The summed E-state index contributed by atoms with van der Waals surface area (Å²) in [7, 11) is -4.86. The third kappa shape index (κ3) is 3.98. The summed E-state index contributed by atoms with van der Waals surface area (Å²) in [5.41, 5.74) is 0. The van der Waals surface area contributed by atoms with Crippen LogP contribution in [0.15, 0.2) is 102 Å². The molecule has 0 saturated heterocycles. The molecule has 1 N–H and O–H groups in total. The molecule has 138 valence electrons. The van der Waals surface area contributed by atoms with Crippen LogP contribution >= 0.6 is 14.9 Å². The topological polar surface area (TPSA) is 46.5 Å². The quantitative estimate of drug-likeness (QED) is 0.615. The van der Waals surface area contributed by atoms with Gasteiger partial charge in [0.05, 0.1) is 11.1 Å². The Labute approximate surface area is 161 Å². The molecule has 3 nitrogen and oxygen atoms in total. The van der Waals surface area contributed by atoms with Crippen molar-refractivity contribution in [2.45, 2.75) is 6.92 Å². The van der Waals surface area contributed by atoms with Gasteiger partial charge in [-0.25, -0.2) is 0 Å². The summed E-state index contributed by atoms with van der Waals surface area (Å²) < 4.78 is 17.5. The zero-order valence-corrected chi connectivity index (χ0v) is 17.2. The van der Waals surface area contributed by atoms with Gasteiger partial charge in [-0.1, -0.05) is 54.6 Å². The van der Waals surface area contributed by atoms with Gasteiger partial charge in [0.25, 0.3) is 0 Å². The third-order valence-electron chi connectivity index (χ3n) is 4.56. The summed E-state index contributed by atoms with van der Waals surface area (Å²) in [6, 6.07) is 30.5. The van der Waals surface area contributed by atoms with E-state index in [0.29, 0.717) is 5.31 Å². The molecule has 3 aromatic carbocycles. The predicted octanol–water partition coefficient (Wildman–Crippen LogP) is 4.67. The molecule has 27 heavy (non-hydrogen) atoms. The summed E-state index contributed by atoms with van der Waals surface area (Å²) in [4.78, 5) is 10.3. The van der Waals surface area contributed by atoms with E-state index in [2.05, 4.69) is 36.4 Å². The van der Waals surface area contributed by atoms with Crippen LogP contribution < -0.4 is 15.9 Å². The van der Waals surface area contributed by atoms with Gasteiger partial charge in [0.1, 0.15) is 23.2 Å². The van der Waals surface area contributed by atoms with Crippen molar-refractivity contribution < 1.29 is 14.0 Å². The molecule has 3 aromatic rings. The molecule has 0 spiro atoms. The van der Waals surface area contributed by atoms with Crippen LogP contribution in [0.25, 0.3) is 0 Å². The molecule has 1 atom stereocenters. The summed E-state index contributed by atoms with van der Waals surface area (Å²) in [6.07, 6.45) is 0. The van der Waals surface area contributed by atoms with Crippen molar-refractivity contribution in [2.75, 3.05) is 7.11 Å². The Morgan fingerprint density at radius 1 is 0.815 bits per heavy atom. The largest absolute Gasteiger partial charge is 0.357 e. The van der Waals surface area contributed by atoms with Crippen LogP contribution in [-0.2, 0) is 9.09 Å². The minimum Gasteiger partial charge on any atom is -0.321 e. The van der Waals surface area contributed by atoms with E-state index in [0.717, 1.165) is 15.9 Å². The zero-order chi connectivity index (χ0) is 19.3. The molecule has 0 heterocycles. The van der Waals surface area contributed by atoms with E-state index in [1.807, 2.05) is 60.4 Å². The first kappa shape index (κ1) is 19.7. The molecule has 0 aliphatic rings. The molecule has 0 aliphatic heterocycles. The van der Waals surface area contributed by atoms with Crippen LogP contribution in [0.2, 0.25) is 0 Å². The normalized spacial score (nSPS) is 14.6. The highest BCUT2D eigenvalue weighted by atomic mass is 31.2. The van der Waals surface area contributed by atoms with Crippen LogP contribution in [0.5, 0.6) is 0 Å². The van der Waals surface area contributed by atoms with Crippen molar-refractivity contribution >= 4 is 30.8 Å². The van der Waals surface area contributed by atoms with E-state index < -0.39 is 14.9 Å². The van der Waals surface area contributed by atoms with Crippen molar-refractivity contribution in [1.29, 1.82) is 0 Å². The van der Waals surface area contributed by atoms with E-state index in [-0.39, 0.29) is 0 Å². The number of rotatable bonds is 6. The molecule has 0 radical (unpaired) electrons. The van der Waals surface area contributed by atoms with Gasteiger partial charge >= 0.3 is 7.60 Å². The molecule has 0 bridgehead atoms. The van der Waals surface area contributed by atoms with Crippen molar-refractivity contribution in [3.8, 4) is 0 Å². The van der Waals surface area contributed by atoms with E-state index >= 15 is 0 Å². The summed E-state index contributed by atoms with van der Waals surface area (Å²) in [5.74, 6) is 1.97. The van der Waals surface area contributed by atoms with E-state index in [1.165, 1.54) is 7.11 Å². The van der Waals surface area contributed by atoms with Crippen molar-refractivity contribution in [3.05, 3.63) is 102 Å². The van der Waals surface area contributed by atoms with Crippen LogP contribution in [0.4, 0.5) is 0 Å². The Hall–Kier alpha value is -2.02. The summed E-state index contributed by atoms with van der Waals surface area (Å²) in [5, 5.41) is 3.73. The second kappa shape index (κ2) is 8.33. The second-order valence-electron chi connectivity index (χ2n) is 6.20. The lowest BCUT2D eigenvalue weighted by Crippen LogP contribution is -2.29. The molecule has 0 amide bonds. The van der Waals surface area contributed by atoms with Crippen LogP contribution in [0, 0.1) is 0 Å². The van der Waals surface area contributed by atoms with Crippen molar-refractivity contribution in [1.82, 2.24) is 0 Å². The Kier molecular flexibility index (Phi) is 6.09. The van der Waals surface area contributed by atoms with Crippen LogP contribution in [0.1, 0.15) is 6.92 Å². The lowest BCUT2D eigenvalue weighted by atomic mass is 10.4. The predicted molar refractivity (Wildman–Crippen MR) is 116 cm³/mol. The monoisotopic (exact) mass is 397 g/mol. The third-order valence-corrected chi connectivity index (χ3v) is 10.4. The number of hydrogen-bond acceptors (Lipinski definition) is 2. The molecular formula is C22H23O3P2+. The fourth-order valence-electron chi connectivity index (χ4n) is 3.16. The van der Waals surface area contributed by atoms with Crippen LogP contribution in [0.3, 0.4) is 0 Å². The highest BCUT2D eigenvalue weighted by Gasteiger charge is 2.45. The van der Waals surface area contributed by atoms with Gasteiger partial charge in [0, 0.05) is 7.11 Å². The molecule has 0 saturated carbocycles. The first-order chi connectivity index (χ1) is 13.0. The average molecular weight is 397 g/mol. The number of allylic oxidation sites excluding steroid dienone is 1. The molecule has 0 aromatic heterocycles. The molecule has 5 heteroatoms. The Morgan fingerprint density at radius 2 is 1.15 bits per heavy atom. The van der Waals surface area contributed by atoms with E-state index in [9.17, 15) is 9.46 Å². The maximum atomic E-state index is 12.5. The fraction of sp³-hybridized carbons (Fsp3) is 0.0909. The Morgan fingerprint density at radius 3 is 1.44 bits per heavy atom. The van der Waals surface area contributed by atoms with Gasteiger partial charge in [-0.3, -0.25) is 4.57 Å². The van der Waals surface area contributed by atoms with Gasteiger partial charge < -0.3 is 9.42 Å². The van der Waals surface area contributed by atoms with Gasteiger partial charge in [0.15, 0.2) is 0 Å². The van der Waals surface area contributed by atoms with Crippen LogP contribution in [-0.4, -0.2) is 12.0 Å². The van der Waals surface area contributed by atoms with E-state index in [4.69, 9.17) is 4.52 Å². The Balaban J connectivity index is 2.40. The van der Waals surface area contributed by atoms with Gasteiger partial charge in [0.2, 0.25) is 0 Å². The van der Waals surface area contributed by atoms with Crippen molar-refractivity contribution in [2.24, 2.45) is 0 Å². The van der Waals surface area contributed by atoms with E-state index in [1.54, 1.807) is 6.92 Å². The number of benzene rings is 3. The maximum absolute atomic E-state index is 12.5. The lowest BCUT2D eigenvalue weighted by Gasteiger charge is -2.25. The first-order valence-electron chi connectivity index (χ1n) is 8.65. The Bertz CT molecular complexity index is 858. The zero-order valence-electron chi connectivity index (χ0n) is 15.4. The highest BCUT2D eigenvalue weighted by Crippen LogP contribution is 2.62. The molecular weight excluding hydrogens is 374 g/mol. The average Bonchev–Trinajstić information content (AvgIpc) is 2.73. The summed E-state index contributed by atoms with van der Waals surface area (Å²) >= 11 is 0. The van der Waals surface area contributed by atoms with Crippen molar-refractivity contribution in [3.63, 3.8) is 0 Å². The van der Waals surface area contributed by atoms with Gasteiger partial charge in [-0.2, -0.15) is 0 Å². The molecule has 3 rings (SSSR count). The minimum atomic E-state index is -3.83. The molecule has 0 fully saturated rings. The molecule has 0 aliphatic carbocycles. The molecule has 1 unspecified atom stereocenters. The van der Waals surface area contributed by atoms with Gasteiger partial charge in [-0.15, -0.1) is 0 Å². The highest BCUT2D eigenvalue weighted by molar-refractivity contribution is 7.98. The SMILES string of the molecule is COP(=O)(O)/C(C)=C/[P+](c1ccccc1)(c1ccccc1)c1ccccc1. The fourth-order valence-corrected chi connectivity index (χ4v) is 8.38. The number of hydrogen-bond donors (Lipinski definition) is 1. The smallest absolute Gasteiger partial charge is 0.321 e. The second-order valence-corrected chi connectivity index (χ2v) is 11.6. The first-order valence-corrected chi connectivity index (χ1v) is 12.1. The van der Waals surface area contributed by atoms with Gasteiger partial charge in [-0.05, 0) is 43.3 Å². The lowest BCUT2D eigenvalue weighted by molar-refractivity contribution is 0.323. The standard InChI is InChI=1S/C22H22O3P2/c1-19(27(23,24)25-2)18-26(20-12-6-3-7-13-20,21-14-8-4-9-15-21)22-16-10-5-11-17-22/h3-18H,1-2H3/p+1/b19-18+.